The first-order chi connectivity index (χ1) is 6.70. The van der Waals surface area contributed by atoms with Crippen LogP contribution in [-0.4, -0.2) is 17.9 Å². The maximum absolute atomic E-state index is 10.6. The van der Waals surface area contributed by atoms with Crippen LogP contribution in [0, 0.1) is 0 Å². The van der Waals surface area contributed by atoms with Gasteiger partial charge in [0.15, 0.2) is 0 Å². The number of nitrogens with two attached hydrogens (primary N) is 1. The van der Waals surface area contributed by atoms with E-state index in [0.717, 1.165) is 38.5 Å². The number of rotatable bonds is 2. The lowest BCUT2D eigenvalue weighted by atomic mass is 9.88. The molecule has 4 N–H and O–H groups in total. The van der Waals surface area contributed by atoms with Gasteiger partial charge in [-0.2, -0.15) is 0 Å². The zero-order valence-electron chi connectivity index (χ0n) is 8.21. The SMILES string of the molecule is NC(=O)NNC12CCCC(CCC1)O2. The fourth-order valence-electron chi connectivity index (χ4n) is 2.38. The van der Waals surface area contributed by atoms with Crippen LogP contribution < -0.4 is 16.6 Å². The fourth-order valence-corrected chi connectivity index (χ4v) is 2.38. The first-order valence-corrected chi connectivity index (χ1v) is 5.21. The van der Waals surface area contributed by atoms with Crippen molar-refractivity contribution in [3.05, 3.63) is 0 Å². The highest BCUT2D eigenvalue weighted by atomic mass is 16.5. The summed E-state index contributed by atoms with van der Waals surface area (Å²) in [4.78, 5) is 10.6. The second-order valence-corrected chi connectivity index (χ2v) is 4.13. The number of hydrazine groups is 1. The molecular formula is C9H17N3O2. The third-order valence-electron chi connectivity index (χ3n) is 3.02. The lowest BCUT2D eigenvalue weighted by molar-refractivity contribution is -0.181. The van der Waals surface area contributed by atoms with Crippen LogP contribution in [0.15, 0.2) is 0 Å². The molecule has 0 aromatic rings. The van der Waals surface area contributed by atoms with E-state index in [1.807, 2.05) is 0 Å². The summed E-state index contributed by atoms with van der Waals surface area (Å²) in [5.74, 6) is 0. The molecule has 0 spiro atoms. The van der Waals surface area contributed by atoms with Crippen molar-refractivity contribution in [3.8, 4) is 0 Å². The van der Waals surface area contributed by atoms with Gasteiger partial charge in [0.05, 0.1) is 6.10 Å². The Kier molecular flexibility index (Phi) is 2.60. The maximum atomic E-state index is 10.6. The van der Waals surface area contributed by atoms with Gasteiger partial charge in [-0.05, 0) is 38.5 Å². The zero-order chi connectivity index (χ0) is 10.0. The Labute approximate surface area is 83.3 Å². The van der Waals surface area contributed by atoms with E-state index >= 15 is 0 Å². The predicted molar refractivity (Wildman–Crippen MR) is 51.2 cm³/mol. The van der Waals surface area contributed by atoms with Crippen LogP contribution in [0.25, 0.3) is 0 Å². The van der Waals surface area contributed by atoms with E-state index < -0.39 is 6.03 Å². The van der Waals surface area contributed by atoms with Gasteiger partial charge in [-0.25, -0.2) is 10.2 Å². The van der Waals surface area contributed by atoms with Crippen molar-refractivity contribution in [2.45, 2.75) is 50.4 Å². The maximum Gasteiger partial charge on any atom is 0.326 e. The molecule has 0 unspecified atom stereocenters. The third kappa shape index (κ3) is 1.99. The van der Waals surface area contributed by atoms with Crippen molar-refractivity contribution in [2.75, 3.05) is 0 Å². The Hall–Kier alpha value is -0.810. The highest BCUT2D eigenvalue weighted by Crippen LogP contribution is 2.36. The van der Waals surface area contributed by atoms with Crippen LogP contribution in [0.4, 0.5) is 4.79 Å². The molecule has 2 heterocycles. The molecule has 5 heteroatoms. The van der Waals surface area contributed by atoms with Crippen molar-refractivity contribution >= 4 is 6.03 Å². The standard InChI is InChI=1S/C9H17N3O2/c10-8(13)11-12-9-5-1-3-7(14-9)4-2-6-9/h7,12H,1-6H2,(H3,10,11,13). The summed E-state index contributed by atoms with van der Waals surface area (Å²) in [5, 5.41) is 0. The molecule has 2 bridgehead atoms. The zero-order valence-corrected chi connectivity index (χ0v) is 8.21. The van der Waals surface area contributed by atoms with Crippen molar-refractivity contribution in [1.82, 2.24) is 10.9 Å². The third-order valence-corrected chi connectivity index (χ3v) is 3.02. The molecule has 5 nitrogen and oxygen atoms in total. The molecule has 80 valence electrons. The average Bonchev–Trinajstić information content (AvgIpc) is 2.15. The summed E-state index contributed by atoms with van der Waals surface area (Å²) in [6.07, 6.45) is 6.84. The summed E-state index contributed by atoms with van der Waals surface area (Å²) < 4.78 is 5.88. The van der Waals surface area contributed by atoms with Crippen LogP contribution in [0.2, 0.25) is 0 Å². The monoisotopic (exact) mass is 199 g/mol. The summed E-state index contributed by atoms with van der Waals surface area (Å²) in [6.45, 7) is 0. The van der Waals surface area contributed by atoms with Crippen molar-refractivity contribution in [3.63, 3.8) is 0 Å². The molecule has 14 heavy (non-hydrogen) atoms. The van der Waals surface area contributed by atoms with Gasteiger partial charge in [0.2, 0.25) is 0 Å². The van der Waals surface area contributed by atoms with Crippen LogP contribution in [-0.2, 0) is 4.74 Å². The van der Waals surface area contributed by atoms with Crippen LogP contribution in [0.1, 0.15) is 38.5 Å². The van der Waals surface area contributed by atoms with Gasteiger partial charge in [-0.1, -0.05) is 0 Å². The van der Waals surface area contributed by atoms with E-state index in [0.29, 0.717) is 6.10 Å². The Morgan fingerprint density at radius 2 is 2.00 bits per heavy atom. The second-order valence-electron chi connectivity index (χ2n) is 4.13. The first kappa shape index (κ1) is 9.73. The Morgan fingerprint density at radius 3 is 2.57 bits per heavy atom. The average molecular weight is 199 g/mol. The number of ether oxygens (including phenoxy) is 1. The molecule has 0 saturated carbocycles. The van der Waals surface area contributed by atoms with Crippen molar-refractivity contribution < 1.29 is 9.53 Å². The molecule has 2 saturated heterocycles. The molecule has 2 amide bonds. The molecular weight excluding hydrogens is 182 g/mol. The quantitative estimate of drug-likeness (QED) is 0.570. The molecule has 0 aromatic carbocycles. The molecule has 2 aliphatic heterocycles. The normalized spacial score (nSPS) is 36.4. The van der Waals surface area contributed by atoms with Crippen LogP contribution >= 0.6 is 0 Å². The van der Waals surface area contributed by atoms with Crippen molar-refractivity contribution in [1.29, 1.82) is 0 Å². The largest absolute Gasteiger partial charge is 0.356 e. The van der Waals surface area contributed by atoms with Gasteiger partial charge in [0.25, 0.3) is 0 Å². The van der Waals surface area contributed by atoms with E-state index in [2.05, 4.69) is 10.9 Å². The van der Waals surface area contributed by atoms with Gasteiger partial charge in [-0.15, -0.1) is 0 Å². The van der Waals surface area contributed by atoms with Gasteiger partial charge in [-0.3, -0.25) is 5.43 Å². The molecule has 2 aliphatic rings. The van der Waals surface area contributed by atoms with Gasteiger partial charge < -0.3 is 10.5 Å². The van der Waals surface area contributed by atoms with E-state index in [4.69, 9.17) is 10.5 Å². The van der Waals surface area contributed by atoms with Gasteiger partial charge >= 0.3 is 6.03 Å². The minimum absolute atomic E-state index is 0.351. The van der Waals surface area contributed by atoms with E-state index in [9.17, 15) is 4.79 Å². The molecule has 0 radical (unpaired) electrons. The number of fused-ring (bicyclic) bond motifs is 2. The predicted octanol–water partition coefficient (Wildman–Crippen LogP) is 0.609. The first-order valence-electron chi connectivity index (χ1n) is 5.21. The van der Waals surface area contributed by atoms with Crippen LogP contribution in [0.5, 0.6) is 0 Å². The summed E-state index contributed by atoms with van der Waals surface area (Å²) in [7, 11) is 0. The molecule has 0 atom stereocenters. The van der Waals surface area contributed by atoms with Crippen LogP contribution in [0.3, 0.4) is 0 Å². The lowest BCUT2D eigenvalue weighted by Crippen LogP contribution is -2.61. The highest BCUT2D eigenvalue weighted by molar-refractivity contribution is 5.70. The fraction of sp³-hybridized carbons (Fsp3) is 0.889. The number of urea groups is 1. The molecule has 2 fully saturated rings. The Morgan fingerprint density at radius 1 is 1.36 bits per heavy atom. The second kappa shape index (κ2) is 3.74. The number of carbonyl (C=O) groups is 1. The van der Waals surface area contributed by atoms with E-state index in [-0.39, 0.29) is 5.72 Å². The van der Waals surface area contributed by atoms with E-state index in [1.165, 1.54) is 0 Å². The van der Waals surface area contributed by atoms with Crippen molar-refractivity contribution in [2.24, 2.45) is 5.73 Å². The van der Waals surface area contributed by atoms with E-state index in [1.54, 1.807) is 0 Å². The minimum atomic E-state index is -0.560. The van der Waals surface area contributed by atoms with Gasteiger partial charge in [0.1, 0.15) is 5.72 Å². The number of amides is 2. The van der Waals surface area contributed by atoms with Gasteiger partial charge in [0, 0.05) is 0 Å². The highest BCUT2D eigenvalue weighted by Gasteiger charge is 2.40. The summed E-state index contributed by atoms with van der Waals surface area (Å²) in [5.41, 5.74) is 10.0. The topological polar surface area (TPSA) is 76.4 Å². The molecule has 0 aliphatic carbocycles. The number of hydrogen-bond donors (Lipinski definition) is 3. The summed E-state index contributed by atoms with van der Waals surface area (Å²) in [6, 6.07) is -0.560. The minimum Gasteiger partial charge on any atom is -0.356 e. The molecule has 2 rings (SSSR count). The number of hydrogen-bond acceptors (Lipinski definition) is 3. The number of primary amides is 1. The lowest BCUT2D eigenvalue weighted by Gasteiger charge is -2.45. The molecule has 0 aromatic heterocycles. The number of nitrogens with one attached hydrogen (secondary N) is 2. The Balaban J connectivity index is 1.94. The number of carbonyl (C=O) groups excluding carboxylic acids is 1. The smallest absolute Gasteiger partial charge is 0.326 e. The summed E-state index contributed by atoms with van der Waals surface area (Å²) >= 11 is 0. The Bertz CT molecular complexity index is 222.